The van der Waals surface area contributed by atoms with Gasteiger partial charge in [0, 0.05) is 25.5 Å². The van der Waals surface area contributed by atoms with Gasteiger partial charge < -0.3 is 4.90 Å². The number of aromatic nitrogens is 1. The normalized spacial score (nSPS) is 18.4. The van der Waals surface area contributed by atoms with Crippen LogP contribution in [0.15, 0.2) is 24.5 Å². The first-order valence-corrected chi connectivity index (χ1v) is 6.56. The Kier molecular flexibility index (Phi) is 3.87. The van der Waals surface area contributed by atoms with Crippen LogP contribution in [0.5, 0.6) is 0 Å². The van der Waals surface area contributed by atoms with Gasteiger partial charge in [0.15, 0.2) is 0 Å². The van der Waals surface area contributed by atoms with Gasteiger partial charge in [0.1, 0.15) is 0 Å². The van der Waals surface area contributed by atoms with Gasteiger partial charge in [0.05, 0.1) is 0 Å². The van der Waals surface area contributed by atoms with Gasteiger partial charge in [-0.2, -0.15) is 12.6 Å². The number of hydrogen-bond acceptors (Lipinski definition) is 3. The lowest BCUT2D eigenvalue weighted by molar-refractivity contribution is 0.101. The Labute approximate surface area is 103 Å². The van der Waals surface area contributed by atoms with Gasteiger partial charge in [-0.25, -0.2) is 0 Å². The molecule has 2 nitrogen and oxygen atoms in total. The Bertz CT molecular complexity index is 316. The van der Waals surface area contributed by atoms with E-state index in [0.717, 1.165) is 12.3 Å². The van der Waals surface area contributed by atoms with Crippen LogP contribution in [0.1, 0.15) is 24.8 Å². The van der Waals surface area contributed by atoms with Crippen LogP contribution in [0.2, 0.25) is 0 Å². The van der Waals surface area contributed by atoms with Crippen LogP contribution < -0.4 is 0 Å². The Morgan fingerprint density at radius 2 is 2.06 bits per heavy atom. The Hall–Kier alpha value is -0.540. The lowest BCUT2D eigenvalue weighted by Crippen LogP contribution is -2.42. The summed E-state index contributed by atoms with van der Waals surface area (Å²) in [7, 11) is 2.20. The van der Waals surface area contributed by atoms with E-state index in [1.165, 1.54) is 31.4 Å². The van der Waals surface area contributed by atoms with E-state index in [1.54, 1.807) is 0 Å². The summed E-state index contributed by atoms with van der Waals surface area (Å²) in [4.78, 5) is 6.45. The molecule has 1 aliphatic rings. The third-order valence-corrected chi connectivity index (χ3v) is 4.23. The first kappa shape index (κ1) is 11.9. The zero-order chi connectivity index (χ0) is 11.4. The van der Waals surface area contributed by atoms with E-state index >= 15 is 0 Å². The molecule has 0 bridgehead atoms. The minimum atomic E-state index is 0.491. The Balaban J connectivity index is 1.87. The summed E-state index contributed by atoms with van der Waals surface area (Å²) >= 11 is 4.50. The van der Waals surface area contributed by atoms with Crippen molar-refractivity contribution in [3.8, 4) is 0 Å². The minimum absolute atomic E-state index is 0.491. The second-order valence-corrected chi connectivity index (χ2v) is 5.36. The molecule has 0 radical (unpaired) electrons. The maximum absolute atomic E-state index is 4.50. The smallest absolute Gasteiger partial charge is 0.0271 e. The Morgan fingerprint density at radius 3 is 2.56 bits per heavy atom. The van der Waals surface area contributed by atoms with Gasteiger partial charge in [-0.1, -0.05) is 6.42 Å². The largest absolute Gasteiger partial charge is 0.302 e. The second kappa shape index (κ2) is 5.19. The van der Waals surface area contributed by atoms with Crippen LogP contribution in [-0.2, 0) is 6.54 Å². The predicted octanol–water partition coefficient (Wildman–Crippen LogP) is 2.61. The lowest BCUT2D eigenvalue weighted by Gasteiger charge is -2.43. The molecular weight excluding hydrogens is 216 g/mol. The van der Waals surface area contributed by atoms with Crippen molar-refractivity contribution in [2.45, 2.75) is 25.8 Å². The minimum Gasteiger partial charge on any atom is -0.302 e. The molecule has 0 amide bonds. The van der Waals surface area contributed by atoms with E-state index in [4.69, 9.17) is 0 Å². The van der Waals surface area contributed by atoms with Crippen LogP contribution in [-0.4, -0.2) is 29.2 Å². The first-order valence-electron chi connectivity index (χ1n) is 5.92. The zero-order valence-corrected chi connectivity index (χ0v) is 10.8. The molecule has 16 heavy (non-hydrogen) atoms. The quantitative estimate of drug-likeness (QED) is 0.791. The molecule has 1 fully saturated rings. The highest BCUT2D eigenvalue weighted by molar-refractivity contribution is 7.80. The standard InChI is InChI=1S/C13H20N2S/c1-15(9-12-3-7-14-8-4-12)10-13(11-16)5-2-6-13/h3-4,7-8,16H,2,5-6,9-11H2,1H3. The summed E-state index contributed by atoms with van der Waals surface area (Å²) in [5.74, 6) is 1.02. The fourth-order valence-corrected chi connectivity index (χ4v) is 2.89. The van der Waals surface area contributed by atoms with Crippen molar-refractivity contribution in [3.05, 3.63) is 30.1 Å². The number of nitrogens with zero attached hydrogens (tertiary/aromatic N) is 2. The summed E-state index contributed by atoms with van der Waals surface area (Å²) in [6.07, 6.45) is 7.79. The van der Waals surface area contributed by atoms with Crippen molar-refractivity contribution in [2.24, 2.45) is 5.41 Å². The van der Waals surface area contributed by atoms with Crippen LogP contribution in [0.25, 0.3) is 0 Å². The van der Waals surface area contributed by atoms with Crippen molar-refractivity contribution in [3.63, 3.8) is 0 Å². The van der Waals surface area contributed by atoms with E-state index in [-0.39, 0.29) is 0 Å². The molecule has 0 N–H and O–H groups in total. The highest BCUT2D eigenvalue weighted by Crippen LogP contribution is 2.42. The van der Waals surface area contributed by atoms with Crippen molar-refractivity contribution >= 4 is 12.6 Å². The fraction of sp³-hybridized carbons (Fsp3) is 0.615. The van der Waals surface area contributed by atoms with Crippen LogP contribution in [0, 0.1) is 5.41 Å². The molecule has 0 atom stereocenters. The molecule has 2 rings (SSSR count). The number of thiol groups is 1. The number of hydrogen-bond donors (Lipinski definition) is 1. The number of rotatable bonds is 5. The second-order valence-electron chi connectivity index (χ2n) is 5.04. The van der Waals surface area contributed by atoms with Crippen LogP contribution in [0.3, 0.4) is 0 Å². The van der Waals surface area contributed by atoms with E-state index in [1.807, 2.05) is 12.4 Å². The first-order chi connectivity index (χ1) is 7.74. The average molecular weight is 236 g/mol. The van der Waals surface area contributed by atoms with Gasteiger partial charge in [-0.3, -0.25) is 4.98 Å². The maximum atomic E-state index is 4.50. The average Bonchev–Trinajstić information content (AvgIpc) is 2.25. The third-order valence-electron chi connectivity index (χ3n) is 3.56. The Morgan fingerprint density at radius 1 is 1.38 bits per heavy atom. The molecule has 0 saturated heterocycles. The van der Waals surface area contributed by atoms with E-state index in [0.29, 0.717) is 5.41 Å². The van der Waals surface area contributed by atoms with Crippen molar-refractivity contribution in [1.29, 1.82) is 0 Å². The summed E-state index contributed by atoms with van der Waals surface area (Å²) in [5, 5.41) is 0. The molecule has 0 aromatic carbocycles. The van der Waals surface area contributed by atoms with E-state index in [9.17, 15) is 0 Å². The molecule has 1 aromatic heterocycles. The summed E-state index contributed by atoms with van der Waals surface area (Å²) < 4.78 is 0. The van der Waals surface area contributed by atoms with Gasteiger partial charge in [-0.05, 0) is 48.8 Å². The molecule has 0 aliphatic heterocycles. The summed E-state index contributed by atoms with van der Waals surface area (Å²) in [6, 6.07) is 4.18. The van der Waals surface area contributed by atoms with Crippen molar-refractivity contribution in [1.82, 2.24) is 9.88 Å². The molecule has 1 aromatic rings. The third kappa shape index (κ3) is 2.77. The maximum Gasteiger partial charge on any atom is 0.0271 e. The topological polar surface area (TPSA) is 16.1 Å². The van der Waals surface area contributed by atoms with E-state index < -0.39 is 0 Å². The van der Waals surface area contributed by atoms with Gasteiger partial charge in [0.2, 0.25) is 0 Å². The van der Waals surface area contributed by atoms with Gasteiger partial charge in [-0.15, -0.1) is 0 Å². The molecular formula is C13H20N2S. The van der Waals surface area contributed by atoms with Crippen molar-refractivity contribution in [2.75, 3.05) is 19.3 Å². The highest BCUT2D eigenvalue weighted by atomic mass is 32.1. The zero-order valence-electron chi connectivity index (χ0n) is 9.89. The SMILES string of the molecule is CN(Cc1ccncc1)CC1(CS)CCC1. The van der Waals surface area contributed by atoms with Gasteiger partial charge in [0.25, 0.3) is 0 Å². The molecule has 1 aliphatic carbocycles. The molecule has 1 saturated carbocycles. The molecule has 88 valence electrons. The van der Waals surface area contributed by atoms with Gasteiger partial charge >= 0.3 is 0 Å². The molecule has 3 heteroatoms. The summed E-state index contributed by atoms with van der Waals surface area (Å²) in [6.45, 7) is 2.18. The lowest BCUT2D eigenvalue weighted by atomic mass is 9.70. The number of pyridine rings is 1. The monoisotopic (exact) mass is 236 g/mol. The fourth-order valence-electron chi connectivity index (χ4n) is 2.47. The molecule has 0 unspecified atom stereocenters. The van der Waals surface area contributed by atoms with E-state index in [2.05, 4.69) is 41.7 Å². The predicted molar refractivity (Wildman–Crippen MR) is 70.7 cm³/mol. The summed E-state index contributed by atoms with van der Waals surface area (Å²) in [5.41, 5.74) is 1.83. The highest BCUT2D eigenvalue weighted by Gasteiger charge is 2.36. The molecule has 0 spiro atoms. The van der Waals surface area contributed by atoms with Crippen LogP contribution in [0.4, 0.5) is 0 Å². The van der Waals surface area contributed by atoms with Crippen LogP contribution >= 0.6 is 12.6 Å². The molecule has 1 heterocycles. The van der Waals surface area contributed by atoms with Crippen molar-refractivity contribution < 1.29 is 0 Å².